The van der Waals surface area contributed by atoms with Gasteiger partial charge in [0.1, 0.15) is 11.5 Å². The van der Waals surface area contributed by atoms with E-state index in [1.165, 1.54) is 48.3 Å². The van der Waals surface area contributed by atoms with Crippen LogP contribution in [0, 0.1) is 0 Å². The van der Waals surface area contributed by atoms with Crippen LogP contribution in [0.5, 0.6) is 11.5 Å². The molecule has 0 aliphatic heterocycles. The van der Waals surface area contributed by atoms with Gasteiger partial charge in [0.2, 0.25) is 0 Å². The van der Waals surface area contributed by atoms with Crippen LogP contribution in [0.25, 0.3) is 20.9 Å². The number of rotatable bonds is 14. The molecule has 0 aliphatic rings. The topological polar surface area (TPSA) is 18.5 Å². The number of hydrogen-bond acceptors (Lipinski definition) is 4. The van der Waals surface area contributed by atoms with Gasteiger partial charge in [0.15, 0.2) is 0 Å². The SMILES string of the molecule is CCCCCCOc1cc(-c2cccs2)c(OCCCCCC)cc1-c1cccs1. The monoisotopic (exact) mass is 442 g/mol. The highest BCUT2D eigenvalue weighted by Gasteiger charge is 2.16. The Bertz CT molecular complexity index is 766. The first-order valence-corrected chi connectivity index (χ1v) is 13.1. The van der Waals surface area contributed by atoms with E-state index >= 15 is 0 Å². The molecule has 0 amide bonds. The average molecular weight is 443 g/mol. The van der Waals surface area contributed by atoms with Gasteiger partial charge in [-0.2, -0.15) is 0 Å². The first-order chi connectivity index (χ1) is 14.8. The van der Waals surface area contributed by atoms with E-state index in [9.17, 15) is 0 Å². The van der Waals surface area contributed by atoms with Crippen LogP contribution in [0.15, 0.2) is 47.2 Å². The standard InChI is InChI=1S/C26H34O2S2/c1-3-5-7-9-15-27-23-19-22(26-14-12-18-30-26)24(28-16-10-8-6-4-2)20-21(23)25-13-11-17-29-25/h11-14,17-20H,3-10,15-16H2,1-2H3. The molecule has 4 heteroatoms. The molecule has 2 aromatic heterocycles. The van der Waals surface area contributed by atoms with Crippen molar-refractivity contribution >= 4 is 22.7 Å². The zero-order valence-corrected chi connectivity index (χ0v) is 20.0. The summed E-state index contributed by atoms with van der Waals surface area (Å²) in [7, 11) is 0. The van der Waals surface area contributed by atoms with E-state index in [-0.39, 0.29) is 0 Å². The lowest BCUT2D eigenvalue weighted by Crippen LogP contribution is -2.02. The quantitative estimate of drug-likeness (QED) is 0.232. The molecule has 0 spiro atoms. The normalized spacial score (nSPS) is 11.0. The molecular weight excluding hydrogens is 408 g/mol. The van der Waals surface area contributed by atoms with Gasteiger partial charge in [0, 0.05) is 20.9 Å². The summed E-state index contributed by atoms with van der Waals surface area (Å²) in [6.45, 7) is 6.01. The predicted molar refractivity (Wildman–Crippen MR) is 132 cm³/mol. The highest BCUT2D eigenvalue weighted by atomic mass is 32.1. The average Bonchev–Trinajstić information content (AvgIpc) is 3.48. The summed E-state index contributed by atoms with van der Waals surface area (Å²) in [5, 5.41) is 4.25. The number of hydrogen-bond donors (Lipinski definition) is 0. The summed E-state index contributed by atoms with van der Waals surface area (Å²) in [6.07, 6.45) is 9.67. The van der Waals surface area contributed by atoms with Crippen LogP contribution in [0.3, 0.4) is 0 Å². The van der Waals surface area contributed by atoms with Crippen molar-refractivity contribution in [3.8, 4) is 32.4 Å². The van der Waals surface area contributed by atoms with E-state index in [0.717, 1.165) is 48.7 Å². The molecule has 0 atom stereocenters. The molecule has 0 fully saturated rings. The van der Waals surface area contributed by atoms with Crippen molar-refractivity contribution in [2.45, 2.75) is 65.2 Å². The van der Waals surface area contributed by atoms with Crippen LogP contribution in [0.1, 0.15) is 65.2 Å². The Morgan fingerprint density at radius 2 is 1.10 bits per heavy atom. The van der Waals surface area contributed by atoms with Crippen molar-refractivity contribution in [1.29, 1.82) is 0 Å². The van der Waals surface area contributed by atoms with Gasteiger partial charge in [-0.3, -0.25) is 0 Å². The Morgan fingerprint density at radius 3 is 1.47 bits per heavy atom. The van der Waals surface area contributed by atoms with E-state index in [4.69, 9.17) is 9.47 Å². The number of ether oxygens (including phenoxy) is 2. The molecule has 0 unspecified atom stereocenters. The van der Waals surface area contributed by atoms with Gasteiger partial charge < -0.3 is 9.47 Å². The summed E-state index contributed by atoms with van der Waals surface area (Å²) in [6, 6.07) is 12.9. The molecule has 0 N–H and O–H groups in total. The molecule has 1 aromatic carbocycles. The highest BCUT2D eigenvalue weighted by Crippen LogP contribution is 2.43. The summed E-state index contributed by atoms with van der Waals surface area (Å²) in [4.78, 5) is 2.46. The molecule has 0 bridgehead atoms. The molecule has 30 heavy (non-hydrogen) atoms. The van der Waals surface area contributed by atoms with Gasteiger partial charge in [-0.1, -0.05) is 64.5 Å². The highest BCUT2D eigenvalue weighted by molar-refractivity contribution is 7.14. The van der Waals surface area contributed by atoms with Crippen molar-refractivity contribution in [3.05, 3.63) is 47.2 Å². The Morgan fingerprint density at radius 1 is 0.633 bits per heavy atom. The Balaban J connectivity index is 1.86. The third kappa shape index (κ3) is 6.61. The minimum atomic E-state index is 0.763. The van der Waals surface area contributed by atoms with E-state index in [2.05, 4.69) is 61.0 Å². The van der Waals surface area contributed by atoms with Gasteiger partial charge in [0.05, 0.1) is 13.2 Å². The smallest absolute Gasteiger partial charge is 0.128 e. The zero-order chi connectivity index (χ0) is 21.0. The maximum absolute atomic E-state index is 6.31. The third-order valence-corrected chi connectivity index (χ3v) is 6.97. The fourth-order valence-corrected chi connectivity index (χ4v) is 4.96. The molecule has 3 aromatic rings. The van der Waals surface area contributed by atoms with E-state index in [1.54, 1.807) is 22.7 Å². The minimum Gasteiger partial charge on any atom is -0.493 e. The molecule has 0 aliphatic carbocycles. The van der Waals surface area contributed by atoms with Gasteiger partial charge >= 0.3 is 0 Å². The first-order valence-electron chi connectivity index (χ1n) is 11.3. The van der Waals surface area contributed by atoms with Gasteiger partial charge in [-0.25, -0.2) is 0 Å². The van der Waals surface area contributed by atoms with Gasteiger partial charge in [0.25, 0.3) is 0 Å². The summed E-state index contributed by atoms with van der Waals surface area (Å²) in [5.74, 6) is 1.94. The van der Waals surface area contributed by atoms with Crippen LogP contribution in [-0.4, -0.2) is 13.2 Å². The van der Waals surface area contributed by atoms with Crippen LogP contribution < -0.4 is 9.47 Å². The Labute approximate surface area is 189 Å². The van der Waals surface area contributed by atoms with Crippen molar-refractivity contribution in [1.82, 2.24) is 0 Å². The number of thiophene rings is 2. The van der Waals surface area contributed by atoms with Crippen molar-refractivity contribution in [3.63, 3.8) is 0 Å². The van der Waals surface area contributed by atoms with Crippen molar-refractivity contribution < 1.29 is 9.47 Å². The molecule has 0 saturated heterocycles. The molecule has 0 saturated carbocycles. The van der Waals surface area contributed by atoms with Crippen LogP contribution >= 0.6 is 22.7 Å². The predicted octanol–water partition coefficient (Wildman–Crippen LogP) is 9.06. The van der Waals surface area contributed by atoms with E-state index in [0.29, 0.717) is 0 Å². The molecule has 2 heterocycles. The lowest BCUT2D eigenvalue weighted by molar-refractivity contribution is 0.299. The second-order valence-electron chi connectivity index (χ2n) is 7.62. The first kappa shape index (κ1) is 22.9. The molecule has 2 nitrogen and oxygen atoms in total. The fraction of sp³-hybridized carbons (Fsp3) is 0.462. The lowest BCUT2D eigenvalue weighted by atomic mass is 10.1. The van der Waals surface area contributed by atoms with Gasteiger partial charge in [-0.15, -0.1) is 22.7 Å². The van der Waals surface area contributed by atoms with E-state index < -0.39 is 0 Å². The fourth-order valence-electron chi connectivity index (χ4n) is 3.47. The zero-order valence-electron chi connectivity index (χ0n) is 18.3. The third-order valence-electron chi connectivity index (χ3n) is 5.17. The Kier molecular flexibility index (Phi) is 9.78. The van der Waals surface area contributed by atoms with Crippen LogP contribution in [0.2, 0.25) is 0 Å². The van der Waals surface area contributed by atoms with Gasteiger partial charge in [-0.05, 0) is 47.9 Å². The molecule has 3 rings (SSSR count). The van der Waals surface area contributed by atoms with Crippen molar-refractivity contribution in [2.75, 3.05) is 13.2 Å². The summed E-state index contributed by atoms with van der Waals surface area (Å²) < 4.78 is 12.6. The second kappa shape index (κ2) is 12.8. The van der Waals surface area contributed by atoms with Crippen molar-refractivity contribution in [2.24, 2.45) is 0 Å². The maximum atomic E-state index is 6.31. The summed E-state index contributed by atoms with van der Waals surface area (Å²) in [5.41, 5.74) is 2.29. The second-order valence-corrected chi connectivity index (χ2v) is 9.51. The lowest BCUT2D eigenvalue weighted by Gasteiger charge is -2.17. The maximum Gasteiger partial charge on any atom is 0.128 e. The molecule has 162 valence electrons. The molecular formula is C26H34O2S2. The van der Waals surface area contributed by atoms with Crippen LogP contribution in [-0.2, 0) is 0 Å². The van der Waals surface area contributed by atoms with Crippen LogP contribution in [0.4, 0.5) is 0 Å². The number of unbranched alkanes of at least 4 members (excludes halogenated alkanes) is 6. The number of benzene rings is 1. The molecule has 0 radical (unpaired) electrons. The largest absolute Gasteiger partial charge is 0.493 e. The summed E-state index contributed by atoms with van der Waals surface area (Å²) >= 11 is 3.50. The minimum absolute atomic E-state index is 0.763. The Hall–Kier alpha value is -1.78. The van der Waals surface area contributed by atoms with E-state index in [1.807, 2.05) is 0 Å².